The third kappa shape index (κ3) is 2.42. The normalized spacial score (nSPS) is 23.7. The fraction of sp³-hybridized carbons (Fsp3) is 0.417. The topological polar surface area (TPSA) is 38.3 Å². The number of cyclic esters (lactones) is 1. The maximum Gasteiger partial charge on any atom is 0.416 e. The van der Waals surface area contributed by atoms with Crippen LogP contribution >= 0.6 is 0 Å². The van der Waals surface area contributed by atoms with E-state index in [0.717, 1.165) is 12.1 Å². The summed E-state index contributed by atoms with van der Waals surface area (Å²) >= 11 is 0. The summed E-state index contributed by atoms with van der Waals surface area (Å²) in [6.07, 6.45) is -5.69. The lowest BCUT2D eigenvalue weighted by molar-refractivity contribution is -0.137. The van der Waals surface area contributed by atoms with E-state index >= 15 is 0 Å². The molecule has 18 heavy (non-hydrogen) atoms. The fourth-order valence-corrected chi connectivity index (χ4v) is 2.01. The Balaban J connectivity index is 2.40. The molecule has 0 bridgehead atoms. The predicted octanol–water partition coefficient (Wildman–Crippen LogP) is 3.18. The number of alkyl halides is 3. The van der Waals surface area contributed by atoms with E-state index in [1.54, 1.807) is 19.9 Å². The molecule has 3 nitrogen and oxygen atoms in total. The zero-order valence-electron chi connectivity index (χ0n) is 9.84. The average molecular weight is 259 g/mol. The Bertz CT molecular complexity index is 485. The van der Waals surface area contributed by atoms with E-state index in [2.05, 4.69) is 5.32 Å². The van der Waals surface area contributed by atoms with E-state index in [0.29, 0.717) is 11.1 Å². The summed E-state index contributed by atoms with van der Waals surface area (Å²) in [5.41, 5.74) is 0.107. The van der Waals surface area contributed by atoms with Crippen molar-refractivity contribution in [3.8, 4) is 0 Å². The summed E-state index contributed by atoms with van der Waals surface area (Å²) in [7, 11) is 0. The third-order valence-corrected chi connectivity index (χ3v) is 2.79. The van der Waals surface area contributed by atoms with Crippen molar-refractivity contribution in [3.05, 3.63) is 34.9 Å². The molecule has 0 saturated carbocycles. The van der Waals surface area contributed by atoms with Gasteiger partial charge < -0.3 is 10.1 Å². The zero-order valence-corrected chi connectivity index (χ0v) is 9.84. The number of aryl methyl sites for hydroxylation is 1. The van der Waals surface area contributed by atoms with Gasteiger partial charge in [0.15, 0.2) is 0 Å². The summed E-state index contributed by atoms with van der Waals surface area (Å²) in [5, 5.41) is 2.50. The quantitative estimate of drug-likeness (QED) is 0.841. The van der Waals surface area contributed by atoms with E-state index in [1.807, 2.05) is 0 Å². The monoisotopic (exact) mass is 259 g/mol. The molecule has 0 unspecified atom stereocenters. The molecule has 1 aliphatic heterocycles. The Morgan fingerprint density at radius 1 is 1.28 bits per heavy atom. The molecule has 1 aliphatic rings. The first-order valence-electron chi connectivity index (χ1n) is 5.43. The van der Waals surface area contributed by atoms with Gasteiger partial charge in [-0.15, -0.1) is 0 Å². The number of alkyl carbamates (subject to hydrolysis) is 1. The van der Waals surface area contributed by atoms with Crippen LogP contribution in [0.4, 0.5) is 18.0 Å². The number of hydrogen-bond acceptors (Lipinski definition) is 2. The van der Waals surface area contributed by atoms with Crippen LogP contribution in [0.3, 0.4) is 0 Å². The van der Waals surface area contributed by atoms with Crippen molar-refractivity contribution in [1.82, 2.24) is 5.32 Å². The molecule has 98 valence electrons. The summed E-state index contributed by atoms with van der Waals surface area (Å²) in [6, 6.07) is 3.34. The average Bonchev–Trinajstić information content (AvgIpc) is 2.55. The lowest BCUT2D eigenvalue weighted by Crippen LogP contribution is -2.24. The van der Waals surface area contributed by atoms with Crippen LogP contribution in [0.25, 0.3) is 0 Å². The predicted molar refractivity (Wildman–Crippen MR) is 58.0 cm³/mol. The summed E-state index contributed by atoms with van der Waals surface area (Å²) in [6.45, 7) is 3.26. The van der Waals surface area contributed by atoms with Crippen LogP contribution in [0.15, 0.2) is 18.2 Å². The van der Waals surface area contributed by atoms with Crippen molar-refractivity contribution in [2.24, 2.45) is 0 Å². The number of hydrogen-bond donors (Lipinski definition) is 1. The maximum absolute atomic E-state index is 12.7. The van der Waals surface area contributed by atoms with Gasteiger partial charge in [0.2, 0.25) is 0 Å². The minimum Gasteiger partial charge on any atom is -0.439 e. The van der Waals surface area contributed by atoms with Gasteiger partial charge in [0.25, 0.3) is 0 Å². The Morgan fingerprint density at radius 3 is 2.44 bits per heavy atom. The van der Waals surface area contributed by atoms with Crippen molar-refractivity contribution in [2.45, 2.75) is 32.2 Å². The number of benzene rings is 1. The van der Waals surface area contributed by atoms with Crippen LogP contribution in [0.5, 0.6) is 0 Å². The molecule has 0 radical (unpaired) electrons. The van der Waals surface area contributed by atoms with E-state index in [9.17, 15) is 18.0 Å². The molecular formula is C12H12F3NO2. The molecule has 1 amide bonds. The molecule has 1 saturated heterocycles. The Hall–Kier alpha value is -1.72. The van der Waals surface area contributed by atoms with Crippen molar-refractivity contribution in [3.63, 3.8) is 0 Å². The highest BCUT2D eigenvalue weighted by Gasteiger charge is 2.35. The van der Waals surface area contributed by atoms with Gasteiger partial charge in [0.1, 0.15) is 6.10 Å². The molecule has 6 heteroatoms. The first-order valence-corrected chi connectivity index (χ1v) is 5.43. The second kappa shape index (κ2) is 4.19. The van der Waals surface area contributed by atoms with E-state index in [-0.39, 0.29) is 6.04 Å². The smallest absolute Gasteiger partial charge is 0.416 e. The highest BCUT2D eigenvalue weighted by atomic mass is 19.4. The van der Waals surface area contributed by atoms with Gasteiger partial charge in [-0.25, -0.2) is 4.79 Å². The number of amides is 1. The van der Waals surface area contributed by atoms with Gasteiger partial charge in [-0.1, -0.05) is 11.6 Å². The first-order chi connectivity index (χ1) is 8.27. The number of rotatable bonds is 1. The number of carbonyl (C=O) groups is 1. The van der Waals surface area contributed by atoms with E-state index < -0.39 is 23.9 Å². The summed E-state index contributed by atoms with van der Waals surface area (Å²) in [5.74, 6) is 0. The van der Waals surface area contributed by atoms with Gasteiger partial charge in [0.05, 0.1) is 11.6 Å². The van der Waals surface area contributed by atoms with Crippen LogP contribution in [0, 0.1) is 6.92 Å². The minimum absolute atomic E-state index is 0.347. The largest absolute Gasteiger partial charge is 0.439 e. The lowest BCUT2D eigenvalue weighted by atomic mass is 9.99. The van der Waals surface area contributed by atoms with Gasteiger partial charge in [-0.05, 0) is 31.5 Å². The number of nitrogens with one attached hydrogen (secondary N) is 1. The maximum atomic E-state index is 12.7. The molecule has 1 N–H and O–H groups in total. The molecule has 0 aromatic heterocycles. The highest BCUT2D eigenvalue weighted by Crippen LogP contribution is 2.34. The van der Waals surface area contributed by atoms with E-state index in [1.165, 1.54) is 0 Å². The second-order valence-electron chi connectivity index (χ2n) is 4.39. The van der Waals surface area contributed by atoms with Crippen molar-refractivity contribution in [1.29, 1.82) is 0 Å². The Morgan fingerprint density at radius 2 is 1.94 bits per heavy atom. The summed E-state index contributed by atoms with van der Waals surface area (Å²) < 4.78 is 43.0. The zero-order chi connectivity index (χ0) is 13.5. The molecular weight excluding hydrogens is 247 g/mol. The molecule has 2 rings (SSSR count). The van der Waals surface area contributed by atoms with Crippen LogP contribution < -0.4 is 5.32 Å². The number of halogens is 3. The van der Waals surface area contributed by atoms with Crippen molar-refractivity contribution >= 4 is 6.09 Å². The number of carbonyl (C=O) groups excluding carboxylic acids is 1. The lowest BCUT2D eigenvalue weighted by Gasteiger charge is -2.16. The molecule has 1 aromatic carbocycles. The van der Waals surface area contributed by atoms with Gasteiger partial charge >= 0.3 is 12.3 Å². The van der Waals surface area contributed by atoms with Crippen LogP contribution in [0.1, 0.15) is 29.7 Å². The minimum atomic E-state index is -4.40. The van der Waals surface area contributed by atoms with Crippen LogP contribution in [-0.2, 0) is 10.9 Å². The van der Waals surface area contributed by atoms with Crippen molar-refractivity contribution < 1.29 is 22.7 Å². The van der Waals surface area contributed by atoms with Gasteiger partial charge in [-0.3, -0.25) is 0 Å². The van der Waals surface area contributed by atoms with Crippen molar-refractivity contribution in [2.75, 3.05) is 0 Å². The molecule has 1 aromatic rings. The second-order valence-corrected chi connectivity index (χ2v) is 4.39. The Kier molecular flexibility index (Phi) is 2.96. The highest BCUT2D eigenvalue weighted by molar-refractivity contribution is 5.70. The molecule has 2 atom stereocenters. The first kappa shape index (κ1) is 12.7. The molecule has 1 fully saturated rings. The summed E-state index contributed by atoms with van der Waals surface area (Å²) in [4.78, 5) is 11.0. The molecule has 1 heterocycles. The van der Waals surface area contributed by atoms with Gasteiger partial charge in [0, 0.05) is 0 Å². The Labute approximate surface area is 102 Å². The van der Waals surface area contributed by atoms with Crippen LogP contribution in [0.2, 0.25) is 0 Å². The van der Waals surface area contributed by atoms with Crippen LogP contribution in [-0.4, -0.2) is 12.1 Å². The SMILES string of the molecule is Cc1cc([C@@H]2OC(=O)N[C@@H]2C)cc(C(F)(F)F)c1. The standard InChI is InChI=1S/C12H12F3NO2/c1-6-3-8(5-9(4-6)12(13,14)15)10-7(2)16-11(17)18-10/h3-5,7,10H,1-2H3,(H,16,17)/t7-,10-/m1/s1. The number of ether oxygens (including phenoxy) is 1. The third-order valence-electron chi connectivity index (χ3n) is 2.79. The fourth-order valence-electron chi connectivity index (χ4n) is 2.01. The van der Waals surface area contributed by atoms with Gasteiger partial charge in [-0.2, -0.15) is 13.2 Å². The molecule has 0 spiro atoms. The van der Waals surface area contributed by atoms with E-state index in [4.69, 9.17) is 4.74 Å². The molecule has 0 aliphatic carbocycles.